The van der Waals surface area contributed by atoms with Crippen molar-refractivity contribution >= 4 is 23.2 Å². The lowest BCUT2D eigenvalue weighted by atomic mass is 10.1. The van der Waals surface area contributed by atoms with Crippen LogP contribution in [-0.4, -0.2) is 29.0 Å². The van der Waals surface area contributed by atoms with Crippen molar-refractivity contribution < 1.29 is 10.2 Å². The third-order valence-corrected chi connectivity index (χ3v) is 2.90. The molecular formula is C11H15Cl2NO2. The average molecular weight is 264 g/mol. The summed E-state index contributed by atoms with van der Waals surface area (Å²) in [6, 6.07) is 5.35. The van der Waals surface area contributed by atoms with Crippen LogP contribution in [0, 0.1) is 0 Å². The summed E-state index contributed by atoms with van der Waals surface area (Å²) in [7, 11) is 0. The predicted octanol–water partition coefficient (Wildman–Crippen LogP) is 1.83. The first-order valence-corrected chi connectivity index (χ1v) is 5.68. The van der Waals surface area contributed by atoms with E-state index >= 15 is 0 Å². The monoisotopic (exact) mass is 263 g/mol. The summed E-state index contributed by atoms with van der Waals surface area (Å²) in [5.74, 6) is 0. The molecule has 0 fully saturated rings. The van der Waals surface area contributed by atoms with Crippen LogP contribution in [0.4, 0.5) is 0 Å². The second-order valence-corrected chi connectivity index (χ2v) is 4.82. The van der Waals surface area contributed by atoms with Gasteiger partial charge in [0.25, 0.3) is 0 Å². The Labute approximate surface area is 105 Å². The van der Waals surface area contributed by atoms with Crippen LogP contribution in [0.5, 0.6) is 0 Å². The highest BCUT2D eigenvalue weighted by Gasteiger charge is 2.17. The van der Waals surface area contributed by atoms with E-state index in [0.29, 0.717) is 23.1 Å². The number of hydrogen-bond donors (Lipinski definition) is 3. The zero-order chi connectivity index (χ0) is 12.2. The van der Waals surface area contributed by atoms with Gasteiger partial charge in [-0.2, -0.15) is 0 Å². The van der Waals surface area contributed by atoms with Crippen LogP contribution in [0.2, 0.25) is 10.0 Å². The molecule has 0 aliphatic heterocycles. The molecule has 5 heteroatoms. The van der Waals surface area contributed by atoms with Crippen LogP contribution in [-0.2, 0) is 6.54 Å². The highest BCUT2D eigenvalue weighted by Crippen LogP contribution is 2.22. The van der Waals surface area contributed by atoms with E-state index in [1.165, 1.54) is 0 Å². The molecule has 0 amide bonds. The Bertz CT molecular complexity index is 356. The molecule has 3 N–H and O–H groups in total. The number of benzene rings is 1. The van der Waals surface area contributed by atoms with Gasteiger partial charge in [0.2, 0.25) is 0 Å². The van der Waals surface area contributed by atoms with E-state index in [4.69, 9.17) is 28.3 Å². The largest absolute Gasteiger partial charge is 0.393 e. The van der Waals surface area contributed by atoms with Gasteiger partial charge in [-0.3, -0.25) is 0 Å². The van der Waals surface area contributed by atoms with E-state index in [9.17, 15) is 5.11 Å². The molecule has 0 saturated carbocycles. The standard InChI is InChI=1S/C11H15Cl2NO2/c1-11(16,7-15)6-14-5-8-2-3-9(12)10(13)4-8/h2-4,14-16H,5-7H2,1H3. The van der Waals surface area contributed by atoms with Crippen LogP contribution in [0.15, 0.2) is 18.2 Å². The number of hydrogen-bond acceptors (Lipinski definition) is 3. The number of nitrogens with one attached hydrogen (secondary N) is 1. The van der Waals surface area contributed by atoms with Crippen molar-refractivity contribution in [1.29, 1.82) is 0 Å². The molecule has 0 aromatic heterocycles. The molecule has 3 nitrogen and oxygen atoms in total. The lowest BCUT2D eigenvalue weighted by Gasteiger charge is -2.20. The molecule has 90 valence electrons. The van der Waals surface area contributed by atoms with E-state index in [-0.39, 0.29) is 6.61 Å². The zero-order valence-electron chi connectivity index (χ0n) is 9.00. The predicted molar refractivity (Wildman–Crippen MR) is 65.9 cm³/mol. The number of halogens is 2. The minimum Gasteiger partial charge on any atom is -0.393 e. The van der Waals surface area contributed by atoms with Gasteiger partial charge in [0.15, 0.2) is 0 Å². The molecule has 0 aliphatic rings. The van der Waals surface area contributed by atoms with E-state index in [2.05, 4.69) is 5.32 Å². The van der Waals surface area contributed by atoms with Gasteiger partial charge in [-0.05, 0) is 24.6 Å². The second-order valence-electron chi connectivity index (χ2n) is 4.01. The normalized spacial score (nSPS) is 14.8. The second kappa shape index (κ2) is 5.84. The lowest BCUT2D eigenvalue weighted by molar-refractivity contribution is 0.00254. The SMILES string of the molecule is CC(O)(CO)CNCc1ccc(Cl)c(Cl)c1. The summed E-state index contributed by atoms with van der Waals surface area (Å²) < 4.78 is 0. The Morgan fingerprint density at radius 1 is 1.31 bits per heavy atom. The summed E-state index contributed by atoms with van der Waals surface area (Å²) in [6.07, 6.45) is 0. The summed E-state index contributed by atoms with van der Waals surface area (Å²) in [5, 5.41) is 22.4. The van der Waals surface area contributed by atoms with Gasteiger partial charge in [-0.1, -0.05) is 29.3 Å². The Hall–Kier alpha value is -0.320. The quantitative estimate of drug-likeness (QED) is 0.760. The third kappa shape index (κ3) is 4.28. The zero-order valence-corrected chi connectivity index (χ0v) is 10.5. The van der Waals surface area contributed by atoms with Gasteiger partial charge in [0.05, 0.1) is 22.3 Å². The maximum absolute atomic E-state index is 9.54. The molecule has 0 spiro atoms. The summed E-state index contributed by atoms with van der Waals surface area (Å²) in [6.45, 7) is 2.16. The van der Waals surface area contributed by atoms with Crippen LogP contribution in [0.1, 0.15) is 12.5 Å². The fraction of sp³-hybridized carbons (Fsp3) is 0.455. The fourth-order valence-electron chi connectivity index (χ4n) is 1.18. The summed E-state index contributed by atoms with van der Waals surface area (Å²) in [4.78, 5) is 0. The van der Waals surface area contributed by atoms with Crippen molar-refractivity contribution in [3.63, 3.8) is 0 Å². The molecule has 0 radical (unpaired) electrons. The van der Waals surface area contributed by atoms with Gasteiger partial charge >= 0.3 is 0 Å². The minimum absolute atomic E-state index is 0.276. The van der Waals surface area contributed by atoms with Gasteiger partial charge in [0.1, 0.15) is 0 Å². The number of aliphatic hydroxyl groups is 2. The molecule has 1 rings (SSSR count). The van der Waals surface area contributed by atoms with Crippen molar-refractivity contribution in [1.82, 2.24) is 5.32 Å². The number of aliphatic hydroxyl groups excluding tert-OH is 1. The van der Waals surface area contributed by atoms with Crippen molar-refractivity contribution in [2.24, 2.45) is 0 Å². The molecule has 0 heterocycles. The van der Waals surface area contributed by atoms with Crippen molar-refractivity contribution in [3.05, 3.63) is 33.8 Å². The van der Waals surface area contributed by atoms with E-state index < -0.39 is 5.60 Å². The smallest absolute Gasteiger partial charge is 0.0972 e. The molecule has 1 aromatic rings. The summed E-state index contributed by atoms with van der Waals surface area (Å²) >= 11 is 11.6. The van der Waals surface area contributed by atoms with Crippen molar-refractivity contribution in [3.8, 4) is 0 Å². The molecule has 1 unspecified atom stereocenters. The van der Waals surface area contributed by atoms with Gasteiger partial charge < -0.3 is 15.5 Å². The Morgan fingerprint density at radius 3 is 2.56 bits per heavy atom. The summed E-state index contributed by atoms with van der Waals surface area (Å²) in [5.41, 5.74) is -0.126. The fourth-order valence-corrected chi connectivity index (χ4v) is 1.50. The third-order valence-electron chi connectivity index (χ3n) is 2.16. The first kappa shape index (κ1) is 13.7. The van der Waals surface area contributed by atoms with Gasteiger partial charge in [-0.25, -0.2) is 0 Å². The molecule has 1 aromatic carbocycles. The van der Waals surface area contributed by atoms with Crippen LogP contribution in [0.25, 0.3) is 0 Å². The first-order chi connectivity index (χ1) is 7.44. The molecule has 1 atom stereocenters. The molecule has 0 saturated heterocycles. The van der Waals surface area contributed by atoms with Crippen LogP contribution < -0.4 is 5.32 Å². The molecule has 16 heavy (non-hydrogen) atoms. The molecule has 0 aliphatic carbocycles. The van der Waals surface area contributed by atoms with Crippen molar-refractivity contribution in [2.45, 2.75) is 19.1 Å². The Kier molecular flexibility index (Phi) is 5.02. The average Bonchev–Trinajstić information content (AvgIpc) is 2.23. The van der Waals surface area contributed by atoms with Crippen LogP contribution in [0.3, 0.4) is 0 Å². The van der Waals surface area contributed by atoms with Crippen LogP contribution >= 0.6 is 23.2 Å². The maximum atomic E-state index is 9.54. The topological polar surface area (TPSA) is 52.5 Å². The van der Waals surface area contributed by atoms with E-state index in [1.807, 2.05) is 6.07 Å². The minimum atomic E-state index is -1.10. The Morgan fingerprint density at radius 2 is 2.00 bits per heavy atom. The number of rotatable bonds is 5. The Balaban J connectivity index is 2.46. The van der Waals surface area contributed by atoms with Gasteiger partial charge in [0, 0.05) is 13.1 Å². The van der Waals surface area contributed by atoms with Gasteiger partial charge in [-0.15, -0.1) is 0 Å². The highest BCUT2D eigenvalue weighted by molar-refractivity contribution is 6.42. The molecule has 0 bridgehead atoms. The maximum Gasteiger partial charge on any atom is 0.0972 e. The molecular weight excluding hydrogens is 249 g/mol. The highest BCUT2D eigenvalue weighted by atomic mass is 35.5. The first-order valence-electron chi connectivity index (χ1n) is 4.92. The van der Waals surface area contributed by atoms with Crippen molar-refractivity contribution in [2.75, 3.05) is 13.2 Å². The lowest BCUT2D eigenvalue weighted by Crippen LogP contribution is -2.40. The van der Waals surface area contributed by atoms with E-state index in [1.54, 1.807) is 19.1 Å². The van der Waals surface area contributed by atoms with E-state index in [0.717, 1.165) is 5.56 Å².